The maximum Gasteiger partial charge on any atom is 0.242 e. The predicted octanol–water partition coefficient (Wildman–Crippen LogP) is 5.76. The molecule has 0 saturated heterocycles. The highest BCUT2D eigenvalue weighted by atomic mass is 79.9. The second-order valence-corrected chi connectivity index (χ2v) is 10.4. The molecule has 0 fully saturated rings. The monoisotopic (exact) mass is 650 g/mol. The number of amides is 2. The molecule has 0 radical (unpaired) electrons. The zero-order valence-corrected chi connectivity index (χ0v) is 24.3. The van der Waals surface area contributed by atoms with Gasteiger partial charge in [-0.25, -0.2) is 0 Å². The Balaban J connectivity index is 0.00000228. The Morgan fingerprint density at radius 1 is 0.611 bits per heavy atom. The van der Waals surface area contributed by atoms with Crippen LogP contribution in [0.15, 0.2) is 84.9 Å². The SMILES string of the molecule is Br.Br.NC(CSSCC(N)C(=O)Nc1ccc2ccccc2c1)C(=O)Nc1ccc2ccccc2c1. The molecule has 36 heavy (non-hydrogen) atoms. The molecule has 4 rings (SSSR count). The van der Waals surface area contributed by atoms with Crippen LogP contribution in [-0.2, 0) is 9.59 Å². The Morgan fingerprint density at radius 3 is 1.36 bits per heavy atom. The van der Waals surface area contributed by atoms with Gasteiger partial charge in [-0.1, -0.05) is 82.3 Å². The summed E-state index contributed by atoms with van der Waals surface area (Å²) >= 11 is 0. The number of hydrogen-bond acceptors (Lipinski definition) is 6. The van der Waals surface area contributed by atoms with Gasteiger partial charge < -0.3 is 22.1 Å². The summed E-state index contributed by atoms with van der Waals surface area (Å²) in [5.74, 6) is 0.315. The molecule has 6 nitrogen and oxygen atoms in total. The van der Waals surface area contributed by atoms with Crippen molar-refractivity contribution in [3.8, 4) is 0 Å². The van der Waals surface area contributed by atoms with Gasteiger partial charge >= 0.3 is 0 Å². The standard InChI is InChI=1S/C26H26N4O2S2.2BrH/c27-23(25(31)29-21-11-9-17-5-1-3-7-19(17)13-21)15-33-34-16-24(28)26(32)30-22-12-10-18-6-2-4-8-20(18)14-22;;/h1-14,23-24H,15-16,27-28H2,(H,29,31)(H,30,32);2*1H. The molecule has 2 unspecified atom stereocenters. The molecule has 190 valence electrons. The normalized spacial score (nSPS) is 12.2. The Hall–Kier alpha value is -2.08. The fourth-order valence-electron chi connectivity index (χ4n) is 3.40. The van der Waals surface area contributed by atoms with Crippen LogP contribution in [-0.4, -0.2) is 35.4 Å². The lowest BCUT2D eigenvalue weighted by Crippen LogP contribution is -2.38. The van der Waals surface area contributed by atoms with Crippen molar-refractivity contribution in [2.24, 2.45) is 11.5 Å². The highest BCUT2D eigenvalue weighted by Crippen LogP contribution is 2.24. The maximum absolute atomic E-state index is 12.4. The molecule has 0 saturated carbocycles. The number of benzene rings is 4. The Morgan fingerprint density at radius 2 is 0.972 bits per heavy atom. The van der Waals surface area contributed by atoms with Crippen molar-refractivity contribution in [3.63, 3.8) is 0 Å². The van der Waals surface area contributed by atoms with Gasteiger partial charge in [0.2, 0.25) is 11.8 Å². The van der Waals surface area contributed by atoms with Gasteiger partial charge in [0, 0.05) is 22.9 Å². The maximum atomic E-state index is 12.4. The fraction of sp³-hybridized carbons (Fsp3) is 0.154. The molecule has 6 N–H and O–H groups in total. The average Bonchev–Trinajstić information content (AvgIpc) is 2.86. The van der Waals surface area contributed by atoms with Crippen LogP contribution in [0.5, 0.6) is 0 Å². The van der Waals surface area contributed by atoms with Crippen molar-refractivity contribution in [3.05, 3.63) is 84.9 Å². The molecule has 0 spiro atoms. The number of nitrogens with one attached hydrogen (secondary N) is 2. The Labute approximate surface area is 239 Å². The second kappa shape index (κ2) is 14.6. The number of halogens is 2. The van der Waals surface area contributed by atoms with Crippen LogP contribution >= 0.6 is 55.6 Å². The summed E-state index contributed by atoms with van der Waals surface area (Å²) in [6.45, 7) is 0. The van der Waals surface area contributed by atoms with Crippen molar-refractivity contribution in [2.45, 2.75) is 12.1 Å². The van der Waals surface area contributed by atoms with Gasteiger partial charge in [0.15, 0.2) is 0 Å². The van der Waals surface area contributed by atoms with Gasteiger partial charge in [0.05, 0.1) is 12.1 Å². The molecule has 0 aliphatic heterocycles. The third-order valence-corrected chi connectivity index (χ3v) is 7.76. The van der Waals surface area contributed by atoms with E-state index in [9.17, 15) is 9.59 Å². The van der Waals surface area contributed by atoms with Crippen molar-refractivity contribution in [2.75, 3.05) is 22.1 Å². The van der Waals surface area contributed by atoms with Crippen LogP contribution in [0.1, 0.15) is 0 Å². The summed E-state index contributed by atoms with van der Waals surface area (Å²) in [7, 11) is 2.86. The third kappa shape index (κ3) is 8.22. The summed E-state index contributed by atoms with van der Waals surface area (Å²) in [5, 5.41) is 10.1. The molecule has 4 aromatic rings. The van der Waals surface area contributed by atoms with Crippen LogP contribution in [0.25, 0.3) is 21.5 Å². The van der Waals surface area contributed by atoms with Crippen LogP contribution in [0.3, 0.4) is 0 Å². The van der Waals surface area contributed by atoms with Crippen molar-refractivity contribution in [1.82, 2.24) is 0 Å². The van der Waals surface area contributed by atoms with E-state index in [4.69, 9.17) is 11.5 Å². The summed E-state index contributed by atoms with van der Waals surface area (Å²) in [4.78, 5) is 24.9. The molecule has 10 heteroatoms. The van der Waals surface area contributed by atoms with E-state index in [-0.39, 0.29) is 45.8 Å². The molecule has 0 heterocycles. The molecular weight excluding hydrogens is 624 g/mol. The number of anilines is 2. The molecule has 0 aliphatic rings. The highest BCUT2D eigenvalue weighted by Gasteiger charge is 2.17. The quantitative estimate of drug-likeness (QED) is 0.135. The summed E-state index contributed by atoms with van der Waals surface area (Å²) in [6, 6.07) is 26.1. The zero-order chi connectivity index (χ0) is 23.9. The molecule has 0 aliphatic carbocycles. The first-order chi connectivity index (χ1) is 16.5. The molecule has 2 atom stereocenters. The minimum atomic E-state index is -0.674. The number of rotatable bonds is 9. The van der Waals surface area contributed by atoms with E-state index in [1.54, 1.807) is 0 Å². The van der Waals surface area contributed by atoms with Gasteiger partial charge in [0.25, 0.3) is 0 Å². The highest BCUT2D eigenvalue weighted by molar-refractivity contribution is 8.93. The van der Waals surface area contributed by atoms with E-state index in [2.05, 4.69) is 10.6 Å². The van der Waals surface area contributed by atoms with E-state index in [1.165, 1.54) is 21.6 Å². The van der Waals surface area contributed by atoms with Gasteiger partial charge in [-0.15, -0.1) is 34.0 Å². The molecule has 0 aromatic heterocycles. The first-order valence-electron chi connectivity index (χ1n) is 10.8. The first-order valence-corrected chi connectivity index (χ1v) is 13.3. The lowest BCUT2D eigenvalue weighted by atomic mass is 10.1. The zero-order valence-electron chi connectivity index (χ0n) is 19.3. The number of hydrogen-bond donors (Lipinski definition) is 4. The lowest BCUT2D eigenvalue weighted by molar-refractivity contribution is -0.117. The van der Waals surface area contributed by atoms with E-state index >= 15 is 0 Å². The molecule has 0 bridgehead atoms. The third-order valence-electron chi connectivity index (χ3n) is 5.29. The van der Waals surface area contributed by atoms with E-state index in [1.807, 2.05) is 84.9 Å². The van der Waals surface area contributed by atoms with Crippen molar-refractivity contribution >= 4 is 100 Å². The number of carbonyl (C=O) groups excluding carboxylic acids is 2. The summed E-state index contributed by atoms with van der Waals surface area (Å²) in [5.41, 5.74) is 13.5. The van der Waals surface area contributed by atoms with E-state index < -0.39 is 12.1 Å². The minimum absolute atomic E-state index is 0. The number of fused-ring (bicyclic) bond motifs is 2. The van der Waals surface area contributed by atoms with Crippen molar-refractivity contribution < 1.29 is 9.59 Å². The van der Waals surface area contributed by atoms with Gasteiger partial charge in [-0.05, 0) is 45.8 Å². The molecular formula is C26H28Br2N4O2S2. The van der Waals surface area contributed by atoms with Crippen LogP contribution in [0, 0.1) is 0 Å². The molecule has 2 amide bonds. The Kier molecular flexibility index (Phi) is 12.2. The smallest absolute Gasteiger partial charge is 0.242 e. The molecule has 4 aromatic carbocycles. The average molecular weight is 652 g/mol. The van der Waals surface area contributed by atoms with Gasteiger partial charge in [0.1, 0.15) is 0 Å². The topological polar surface area (TPSA) is 110 Å². The predicted molar refractivity (Wildman–Crippen MR) is 167 cm³/mol. The van der Waals surface area contributed by atoms with Crippen LogP contribution in [0.4, 0.5) is 11.4 Å². The van der Waals surface area contributed by atoms with Gasteiger partial charge in [-0.2, -0.15) is 0 Å². The van der Waals surface area contributed by atoms with E-state index in [0.29, 0.717) is 22.9 Å². The summed E-state index contributed by atoms with van der Waals surface area (Å²) < 4.78 is 0. The number of carbonyl (C=O) groups is 2. The Bertz CT molecular complexity index is 1220. The van der Waals surface area contributed by atoms with Crippen LogP contribution in [0.2, 0.25) is 0 Å². The largest absolute Gasteiger partial charge is 0.325 e. The van der Waals surface area contributed by atoms with Crippen molar-refractivity contribution in [1.29, 1.82) is 0 Å². The fourth-order valence-corrected chi connectivity index (χ4v) is 5.64. The summed E-state index contributed by atoms with van der Waals surface area (Å²) in [6.07, 6.45) is 0. The second-order valence-electron chi connectivity index (χ2n) is 7.88. The van der Waals surface area contributed by atoms with E-state index in [0.717, 1.165) is 21.5 Å². The lowest BCUT2D eigenvalue weighted by Gasteiger charge is -2.14. The minimum Gasteiger partial charge on any atom is -0.325 e. The number of nitrogens with two attached hydrogens (primary N) is 2. The van der Waals surface area contributed by atoms with Crippen LogP contribution < -0.4 is 22.1 Å². The van der Waals surface area contributed by atoms with Gasteiger partial charge in [-0.3, -0.25) is 9.59 Å². The first kappa shape index (κ1) is 30.1.